The fraction of sp³-hybridized carbons (Fsp3) is 1.00. The Bertz CT molecular complexity index is 417. The van der Waals surface area contributed by atoms with Gasteiger partial charge in [0.1, 0.15) is 0 Å². The third kappa shape index (κ3) is 4.73. The van der Waals surface area contributed by atoms with E-state index in [0.717, 1.165) is 0 Å². The van der Waals surface area contributed by atoms with Gasteiger partial charge in [-0.1, -0.05) is 0 Å². The number of nitrogens with one attached hydrogen (secondary N) is 2. The van der Waals surface area contributed by atoms with E-state index < -0.39 is 14.1 Å². The molecule has 0 amide bonds. The number of hydrogen-bond acceptors (Lipinski definition) is 4. The summed E-state index contributed by atoms with van der Waals surface area (Å²) in [5, 5.41) is 8.00. The molecule has 0 aromatic rings. The summed E-state index contributed by atoms with van der Waals surface area (Å²) in [4.78, 5) is 0. The molecule has 0 aliphatic carbocycles. The molecule has 0 saturated carbocycles. The van der Waals surface area contributed by atoms with E-state index >= 15 is 0 Å². The zero-order valence-corrected chi connectivity index (χ0v) is 21.7. The molecule has 1 rings (SSSR count). The van der Waals surface area contributed by atoms with Crippen LogP contribution in [0.2, 0.25) is 0 Å². The Kier molecular flexibility index (Phi) is 6.19. The molecule has 0 unspecified atom stereocenters. The topological polar surface area (TPSA) is 30.5 Å². The molecule has 4 nitrogen and oxygen atoms in total. The number of rotatable bonds is 2. The SMILES string of the molecule is CC(C)(C)N[P+]1(C)N(C(C)(C)C)[P+]([Se-])(NC(C)(C)C)N1C(C)(C)C. The summed E-state index contributed by atoms with van der Waals surface area (Å²) in [6.45, 7) is 30.1. The Morgan fingerprint density at radius 2 is 0.917 bits per heavy atom. The molecular formula is C17H41N4P2Se+. The van der Waals surface area contributed by atoms with Crippen molar-refractivity contribution in [1.29, 1.82) is 0 Å². The van der Waals surface area contributed by atoms with Crippen molar-refractivity contribution in [3.8, 4) is 0 Å². The molecule has 24 heavy (non-hydrogen) atoms. The van der Waals surface area contributed by atoms with Crippen LogP contribution in [0.25, 0.3) is 0 Å². The Balaban J connectivity index is 3.52. The minimum absolute atomic E-state index is 0.0546. The number of hydrogen-bond donors (Lipinski definition) is 2. The fourth-order valence-electron chi connectivity index (χ4n) is 3.84. The van der Waals surface area contributed by atoms with Crippen LogP contribution in [0.15, 0.2) is 0 Å². The molecule has 0 atom stereocenters. The van der Waals surface area contributed by atoms with Crippen LogP contribution < -0.4 is 10.2 Å². The summed E-state index contributed by atoms with van der Waals surface area (Å²) in [7, 11) is -1.66. The van der Waals surface area contributed by atoms with E-state index in [4.69, 9.17) is 0 Å². The van der Waals surface area contributed by atoms with Gasteiger partial charge in [-0.2, -0.15) is 0 Å². The van der Waals surface area contributed by atoms with Gasteiger partial charge in [0, 0.05) is 0 Å². The second-order valence-corrected chi connectivity index (χ2v) is 19.9. The molecule has 0 aromatic heterocycles. The minimum atomic E-state index is -1.76. The van der Waals surface area contributed by atoms with E-state index in [1.165, 1.54) is 0 Å². The van der Waals surface area contributed by atoms with E-state index in [1.54, 1.807) is 0 Å². The van der Waals surface area contributed by atoms with Crippen molar-refractivity contribution < 1.29 is 0 Å². The van der Waals surface area contributed by atoms with Gasteiger partial charge in [-0.05, 0) is 0 Å². The first-order valence-corrected chi connectivity index (χ1v) is 14.9. The Morgan fingerprint density at radius 3 is 1.12 bits per heavy atom. The molecule has 1 heterocycles. The second-order valence-electron chi connectivity index (χ2n) is 11.1. The summed E-state index contributed by atoms with van der Waals surface area (Å²) in [5.74, 6) is 0. The molecule has 0 bridgehead atoms. The first kappa shape index (κ1) is 23.3. The van der Waals surface area contributed by atoms with Crippen molar-refractivity contribution in [2.45, 2.75) is 105 Å². The van der Waals surface area contributed by atoms with Gasteiger partial charge in [0.05, 0.1) is 0 Å². The predicted molar refractivity (Wildman–Crippen MR) is 114 cm³/mol. The quantitative estimate of drug-likeness (QED) is 0.454. The molecule has 144 valence electrons. The van der Waals surface area contributed by atoms with Gasteiger partial charge in [0.25, 0.3) is 0 Å². The van der Waals surface area contributed by atoms with Gasteiger partial charge in [-0.15, -0.1) is 0 Å². The zero-order valence-electron chi connectivity index (χ0n) is 18.2. The van der Waals surface area contributed by atoms with Crippen LogP contribution in [0, 0.1) is 0 Å². The summed E-state index contributed by atoms with van der Waals surface area (Å²) in [6, 6.07) is 0. The standard InChI is InChI=1S/C17H41N4P2Se/c1-14(2,3)18-22(13)20(16(7,8)9)23(24,19-15(4,5)6)21(22)17(10,11)12/h18H,1-13H3,(H,19,24)/q+1. The van der Waals surface area contributed by atoms with E-state index in [1.807, 2.05) is 0 Å². The van der Waals surface area contributed by atoms with E-state index in [-0.39, 0.29) is 22.2 Å². The molecule has 1 fully saturated rings. The first-order chi connectivity index (χ1) is 10.1. The average molecular weight is 442 g/mol. The van der Waals surface area contributed by atoms with Crippen LogP contribution in [-0.4, -0.2) is 53.3 Å². The predicted octanol–water partition coefficient (Wildman–Crippen LogP) is 5.22. The summed E-state index contributed by atoms with van der Waals surface area (Å²) in [5.41, 5.74) is 0.293. The van der Waals surface area contributed by atoms with Crippen molar-refractivity contribution in [3.05, 3.63) is 0 Å². The Hall–Kier alpha value is 1.22. The van der Waals surface area contributed by atoms with Gasteiger partial charge >= 0.3 is 161 Å². The monoisotopic (exact) mass is 443 g/mol. The van der Waals surface area contributed by atoms with Crippen molar-refractivity contribution in [1.82, 2.24) is 19.1 Å². The van der Waals surface area contributed by atoms with Gasteiger partial charge < -0.3 is 0 Å². The number of nitrogens with zero attached hydrogens (tertiary/aromatic N) is 2. The van der Waals surface area contributed by atoms with Crippen LogP contribution in [0.4, 0.5) is 0 Å². The molecule has 1 aliphatic rings. The van der Waals surface area contributed by atoms with E-state index in [9.17, 15) is 0 Å². The van der Waals surface area contributed by atoms with Gasteiger partial charge in [0.2, 0.25) is 0 Å². The third-order valence-electron chi connectivity index (χ3n) is 3.48. The third-order valence-corrected chi connectivity index (χ3v) is 18.3. The molecular weight excluding hydrogens is 401 g/mol. The maximum atomic E-state index is 4.02. The molecule has 1 aliphatic heterocycles. The summed E-state index contributed by atoms with van der Waals surface area (Å²) < 4.78 is 5.52. The van der Waals surface area contributed by atoms with Gasteiger partial charge in [0.15, 0.2) is 0 Å². The van der Waals surface area contributed by atoms with E-state index in [2.05, 4.69) is 124 Å². The normalized spacial score (nSPS) is 31.2. The molecule has 0 radical (unpaired) electrons. The molecule has 7 heteroatoms. The average Bonchev–Trinajstić information content (AvgIpc) is 2.00. The molecule has 1 saturated heterocycles. The van der Waals surface area contributed by atoms with Crippen molar-refractivity contribution in [3.63, 3.8) is 0 Å². The maximum absolute atomic E-state index is 4.02. The fourth-order valence-corrected chi connectivity index (χ4v) is 25.6. The van der Waals surface area contributed by atoms with Crippen LogP contribution in [0.1, 0.15) is 83.1 Å². The molecule has 0 aromatic carbocycles. The van der Waals surface area contributed by atoms with Crippen molar-refractivity contribution in [2.24, 2.45) is 0 Å². The first-order valence-electron chi connectivity index (χ1n) is 8.82. The Labute approximate surface area is 160 Å². The molecule has 2 N–H and O–H groups in total. The van der Waals surface area contributed by atoms with Crippen LogP contribution in [0.3, 0.4) is 0 Å². The van der Waals surface area contributed by atoms with E-state index in [0.29, 0.717) is 0 Å². The zero-order chi connectivity index (χ0) is 19.6. The Morgan fingerprint density at radius 1 is 0.625 bits per heavy atom. The molecule has 0 spiro atoms. The van der Waals surface area contributed by atoms with Crippen LogP contribution >= 0.6 is 14.1 Å². The van der Waals surface area contributed by atoms with Crippen molar-refractivity contribution in [2.75, 3.05) is 6.66 Å². The van der Waals surface area contributed by atoms with Gasteiger partial charge in [-0.25, -0.2) is 0 Å². The van der Waals surface area contributed by atoms with Gasteiger partial charge in [-0.3, -0.25) is 0 Å². The van der Waals surface area contributed by atoms with Crippen LogP contribution in [-0.2, 0) is 0 Å². The summed E-state index contributed by atoms with van der Waals surface area (Å²) in [6.07, 6.45) is -1.76. The second kappa shape index (κ2) is 6.39. The summed E-state index contributed by atoms with van der Waals surface area (Å²) >= 11 is 3.64. The van der Waals surface area contributed by atoms with Crippen LogP contribution in [0.5, 0.6) is 0 Å². The van der Waals surface area contributed by atoms with Crippen molar-refractivity contribution >= 4 is 29.7 Å².